The van der Waals surface area contributed by atoms with E-state index in [2.05, 4.69) is 26.1 Å². The lowest BCUT2D eigenvalue weighted by atomic mass is 9.71. The Hall–Kier alpha value is -8.14. The molecule has 0 bridgehead atoms. The largest absolute Gasteiger partial charge is 0.445 e. The Morgan fingerprint density at radius 1 is 0.826 bits per heavy atom. The maximum Gasteiger partial charge on any atom is 0.408 e. The van der Waals surface area contributed by atoms with Crippen molar-refractivity contribution in [3.63, 3.8) is 0 Å². The number of nitrogens with one attached hydrogen (secondary N) is 4. The summed E-state index contributed by atoms with van der Waals surface area (Å²) in [6.07, 6.45) is 4.96. The molecule has 3 aliphatic heterocycles. The van der Waals surface area contributed by atoms with E-state index in [1.807, 2.05) is 91.0 Å². The number of fused-ring (bicyclic) bond motifs is 4. The van der Waals surface area contributed by atoms with E-state index in [1.54, 1.807) is 40.3 Å². The lowest BCUT2D eigenvalue weighted by molar-refractivity contribution is -0.138. The number of nitrogens with zero attached hydrogens (tertiary/aromatic N) is 5. The van der Waals surface area contributed by atoms with Gasteiger partial charge in [-0.2, -0.15) is 5.10 Å². The Morgan fingerprint density at radius 2 is 1.57 bits per heavy atom. The molecular formula is C53H49N9O7. The van der Waals surface area contributed by atoms with Crippen molar-refractivity contribution < 1.29 is 28.7 Å². The van der Waals surface area contributed by atoms with Crippen LogP contribution in [0.5, 0.6) is 0 Å². The fourth-order valence-electron chi connectivity index (χ4n) is 10.4. The summed E-state index contributed by atoms with van der Waals surface area (Å²) in [6, 6.07) is 35.3. The van der Waals surface area contributed by atoms with Gasteiger partial charge in [-0.1, -0.05) is 91.0 Å². The summed E-state index contributed by atoms with van der Waals surface area (Å²) in [5, 5.41) is 16.4. The molecule has 16 heteroatoms. The van der Waals surface area contributed by atoms with Crippen molar-refractivity contribution in [3.05, 3.63) is 154 Å². The Kier molecular flexibility index (Phi) is 11.2. The molecule has 4 aliphatic rings. The van der Waals surface area contributed by atoms with Crippen LogP contribution in [0.25, 0.3) is 38.9 Å². The first kappa shape index (κ1) is 43.4. The predicted molar refractivity (Wildman–Crippen MR) is 256 cm³/mol. The number of likely N-dealkylation sites (tertiary alicyclic amines) is 1. The molecule has 0 radical (unpaired) electrons. The van der Waals surface area contributed by atoms with Crippen molar-refractivity contribution in [2.24, 2.45) is 5.92 Å². The lowest BCUT2D eigenvalue weighted by Crippen LogP contribution is -2.50. The van der Waals surface area contributed by atoms with E-state index in [-0.39, 0.29) is 48.8 Å². The Bertz CT molecular complexity index is 3190. The van der Waals surface area contributed by atoms with Gasteiger partial charge in [-0.3, -0.25) is 19.2 Å². The molecule has 3 aromatic heterocycles. The Labute approximate surface area is 396 Å². The third-order valence-electron chi connectivity index (χ3n) is 14.3. The average Bonchev–Trinajstić information content (AvgIpc) is 4.19. The zero-order valence-corrected chi connectivity index (χ0v) is 37.7. The number of hydrogen-bond donors (Lipinski definition) is 4. The van der Waals surface area contributed by atoms with E-state index in [9.17, 15) is 28.8 Å². The molecule has 11 rings (SSSR count). The molecule has 0 spiro atoms. The van der Waals surface area contributed by atoms with Crippen LogP contribution in [-0.4, -0.2) is 77.7 Å². The minimum absolute atomic E-state index is 0.0144. The summed E-state index contributed by atoms with van der Waals surface area (Å²) in [5.74, 6) is -1.69. The van der Waals surface area contributed by atoms with Crippen LogP contribution < -0.4 is 21.6 Å². The van der Waals surface area contributed by atoms with Gasteiger partial charge in [0.1, 0.15) is 18.7 Å². The fourth-order valence-corrected chi connectivity index (χ4v) is 10.4. The Balaban J connectivity index is 0.688. The molecule has 7 aromatic rings. The van der Waals surface area contributed by atoms with Gasteiger partial charge in [0.05, 0.1) is 16.7 Å². The highest BCUT2D eigenvalue weighted by Gasteiger charge is 2.44. The first-order valence-corrected chi connectivity index (χ1v) is 23.5. The van der Waals surface area contributed by atoms with E-state index in [4.69, 9.17) is 9.72 Å². The van der Waals surface area contributed by atoms with E-state index in [1.165, 1.54) is 4.40 Å². The SMILES string of the molecule is O=C(NC1(c2ccc(-c3nc4ccn5c(=O)[nH]nc5c4cc3-c3ccccc3)cc2)CCC1)OCc1ccc(NC(=O)[C@@H]2CCCN2C(=O)[C@@H]2C[C@@H](CC(=O)N3Cc4ccccc4C3)C(=O)N2)cc1. The van der Waals surface area contributed by atoms with Crippen LogP contribution in [-0.2, 0) is 49.2 Å². The number of rotatable bonds is 11. The molecule has 1 saturated carbocycles. The molecule has 4 aromatic carbocycles. The van der Waals surface area contributed by atoms with Gasteiger partial charge in [-0.15, -0.1) is 0 Å². The molecule has 3 atom stereocenters. The fraction of sp³-hybridized carbons (Fsp3) is 0.283. The van der Waals surface area contributed by atoms with Gasteiger partial charge in [0, 0.05) is 60.4 Å². The third-order valence-corrected chi connectivity index (χ3v) is 14.3. The smallest absolute Gasteiger partial charge is 0.408 e. The maximum absolute atomic E-state index is 13.7. The highest BCUT2D eigenvalue weighted by Crippen LogP contribution is 2.43. The molecule has 1 aliphatic carbocycles. The summed E-state index contributed by atoms with van der Waals surface area (Å²) in [4.78, 5) is 87.4. The normalized spacial score (nSPS) is 19.2. The van der Waals surface area contributed by atoms with Crippen LogP contribution in [0.2, 0.25) is 0 Å². The number of ether oxygens (including phenoxy) is 1. The van der Waals surface area contributed by atoms with E-state index < -0.39 is 29.6 Å². The second kappa shape index (κ2) is 17.8. The zero-order chi connectivity index (χ0) is 47.2. The molecule has 0 unspecified atom stereocenters. The molecule has 4 N–H and O–H groups in total. The number of aromatic nitrogens is 4. The number of aromatic amines is 1. The van der Waals surface area contributed by atoms with E-state index in [0.29, 0.717) is 49.3 Å². The third kappa shape index (κ3) is 8.36. The summed E-state index contributed by atoms with van der Waals surface area (Å²) < 4.78 is 7.18. The number of alkyl carbamates (subject to hydrolysis) is 1. The number of hydrogen-bond acceptors (Lipinski definition) is 9. The standard InChI is InChI=1S/C53H49N9O7/c63-45(60-29-35-10-4-5-11-36(35)30-60)27-37-26-43(56-48(37)64)50(66)61-24-6-12-44(61)49(65)54-39-19-13-32(14-20-39)31-69-52(68)57-53(22-7-23-53)38-17-15-34(16-18-38)46-40(33-8-2-1-3-9-33)28-41-42(55-46)21-25-62-47(41)58-59-51(62)67/h1-5,8-11,13-21,25,28,37,43-44H,6-7,12,22-24,26-27,29-31H2,(H,54,65)(H,56,64)(H,57,68)(H,59,67)/t37-,43-,44-/m0/s1. The van der Waals surface area contributed by atoms with E-state index >= 15 is 0 Å². The zero-order valence-electron chi connectivity index (χ0n) is 37.7. The molecule has 16 nitrogen and oxygen atoms in total. The molecule has 3 fully saturated rings. The van der Waals surface area contributed by atoms with Crippen LogP contribution >= 0.6 is 0 Å². The van der Waals surface area contributed by atoms with Crippen molar-refractivity contribution >= 4 is 52.0 Å². The van der Waals surface area contributed by atoms with Crippen molar-refractivity contribution in [2.75, 3.05) is 11.9 Å². The van der Waals surface area contributed by atoms with Crippen LogP contribution in [0.4, 0.5) is 10.5 Å². The lowest BCUT2D eigenvalue weighted by Gasteiger charge is -2.42. The number of benzene rings is 4. The van der Waals surface area contributed by atoms with Gasteiger partial charge in [0.15, 0.2) is 5.65 Å². The molecule has 2 saturated heterocycles. The van der Waals surface area contributed by atoms with Crippen LogP contribution in [0, 0.1) is 5.92 Å². The minimum Gasteiger partial charge on any atom is -0.445 e. The van der Waals surface area contributed by atoms with Gasteiger partial charge in [-0.25, -0.2) is 24.1 Å². The van der Waals surface area contributed by atoms with Crippen LogP contribution in [0.1, 0.15) is 67.2 Å². The second-order valence-electron chi connectivity index (χ2n) is 18.5. The number of anilines is 1. The number of H-pyrrole nitrogens is 1. The number of amides is 5. The minimum atomic E-state index is -0.796. The van der Waals surface area contributed by atoms with Crippen molar-refractivity contribution in [1.29, 1.82) is 0 Å². The van der Waals surface area contributed by atoms with Crippen molar-refractivity contribution in [1.82, 2.24) is 40.0 Å². The van der Waals surface area contributed by atoms with Crippen LogP contribution in [0.15, 0.2) is 126 Å². The van der Waals surface area contributed by atoms with Gasteiger partial charge in [0.25, 0.3) is 0 Å². The molecule has 69 heavy (non-hydrogen) atoms. The maximum atomic E-state index is 13.7. The molecule has 348 valence electrons. The predicted octanol–water partition coefficient (Wildman–Crippen LogP) is 6.58. The monoisotopic (exact) mass is 923 g/mol. The van der Waals surface area contributed by atoms with Gasteiger partial charge < -0.3 is 30.5 Å². The van der Waals surface area contributed by atoms with E-state index in [0.717, 1.165) is 69.3 Å². The molecule has 5 amide bonds. The van der Waals surface area contributed by atoms with Gasteiger partial charge in [-0.05, 0) is 90.6 Å². The number of carbonyl (C=O) groups is 5. The van der Waals surface area contributed by atoms with Crippen molar-refractivity contribution in [3.8, 4) is 22.4 Å². The number of carbonyl (C=O) groups excluding carboxylic acids is 5. The van der Waals surface area contributed by atoms with Gasteiger partial charge in [0.2, 0.25) is 23.6 Å². The second-order valence-corrected chi connectivity index (χ2v) is 18.5. The van der Waals surface area contributed by atoms with Crippen molar-refractivity contribution in [2.45, 2.75) is 82.3 Å². The first-order chi connectivity index (χ1) is 33.6. The highest BCUT2D eigenvalue weighted by molar-refractivity contribution is 6.01. The van der Waals surface area contributed by atoms with Gasteiger partial charge >= 0.3 is 11.8 Å². The number of pyridine rings is 2. The average molecular weight is 924 g/mol. The summed E-state index contributed by atoms with van der Waals surface area (Å²) >= 11 is 0. The summed E-state index contributed by atoms with van der Waals surface area (Å²) in [5.41, 5.74) is 8.27. The van der Waals surface area contributed by atoms with Crippen LogP contribution in [0.3, 0.4) is 0 Å². The first-order valence-electron chi connectivity index (χ1n) is 23.5. The Morgan fingerprint density at radius 3 is 2.29 bits per heavy atom. The highest BCUT2D eigenvalue weighted by atomic mass is 16.5. The summed E-state index contributed by atoms with van der Waals surface area (Å²) in [6.45, 7) is 1.43. The summed E-state index contributed by atoms with van der Waals surface area (Å²) in [7, 11) is 0. The molecular weight excluding hydrogens is 875 g/mol. The molecule has 6 heterocycles. The quantitative estimate of drug-likeness (QED) is 0.111. The topological polar surface area (TPSA) is 200 Å².